The van der Waals surface area contributed by atoms with Gasteiger partial charge >= 0.3 is 0 Å². The average Bonchev–Trinajstić information content (AvgIpc) is 2.28. The highest BCUT2D eigenvalue weighted by Gasteiger charge is 2.01. The molecule has 0 radical (unpaired) electrons. The zero-order valence-corrected chi connectivity index (χ0v) is 11.4. The van der Waals surface area contributed by atoms with Gasteiger partial charge in [0, 0.05) is 19.8 Å². The van der Waals surface area contributed by atoms with E-state index in [1.165, 1.54) is 12.0 Å². The SMILES string of the molecule is CNc1cc(CN(C)CCCN(C)C)ccn1. The molecule has 0 atom stereocenters. The summed E-state index contributed by atoms with van der Waals surface area (Å²) >= 11 is 0. The average molecular weight is 236 g/mol. The van der Waals surface area contributed by atoms with E-state index in [0.717, 1.165) is 25.5 Å². The number of anilines is 1. The van der Waals surface area contributed by atoms with Crippen LogP contribution in [0.25, 0.3) is 0 Å². The predicted molar refractivity (Wildman–Crippen MR) is 73.3 cm³/mol. The first-order valence-electron chi connectivity index (χ1n) is 6.08. The molecule has 0 aromatic carbocycles. The molecule has 1 aromatic rings. The highest BCUT2D eigenvalue weighted by Crippen LogP contribution is 2.08. The molecule has 0 fully saturated rings. The van der Waals surface area contributed by atoms with Gasteiger partial charge in [0.2, 0.25) is 0 Å². The summed E-state index contributed by atoms with van der Waals surface area (Å²) in [5.74, 6) is 0.934. The Morgan fingerprint density at radius 3 is 2.65 bits per heavy atom. The Labute approximate surface area is 105 Å². The molecule has 0 aliphatic heterocycles. The fraction of sp³-hybridized carbons (Fsp3) is 0.615. The van der Waals surface area contributed by atoms with Gasteiger partial charge in [-0.2, -0.15) is 0 Å². The highest BCUT2D eigenvalue weighted by atomic mass is 15.1. The number of aromatic nitrogens is 1. The van der Waals surface area contributed by atoms with Gasteiger partial charge in [-0.05, 0) is 58.3 Å². The van der Waals surface area contributed by atoms with E-state index < -0.39 is 0 Å². The first kappa shape index (κ1) is 13.9. The van der Waals surface area contributed by atoms with Crippen LogP contribution in [-0.4, -0.2) is 56.1 Å². The molecule has 1 aromatic heterocycles. The van der Waals surface area contributed by atoms with Crippen LogP contribution >= 0.6 is 0 Å². The molecule has 1 rings (SSSR count). The number of pyridine rings is 1. The van der Waals surface area contributed by atoms with Crippen LogP contribution < -0.4 is 5.32 Å². The Kier molecular flexibility index (Phi) is 5.94. The third-order valence-corrected chi connectivity index (χ3v) is 2.68. The molecule has 0 saturated heterocycles. The van der Waals surface area contributed by atoms with Gasteiger partial charge in [0.05, 0.1) is 0 Å². The van der Waals surface area contributed by atoms with Crippen LogP contribution in [0.1, 0.15) is 12.0 Å². The lowest BCUT2D eigenvalue weighted by Gasteiger charge is -2.18. The topological polar surface area (TPSA) is 31.4 Å². The molecule has 0 unspecified atom stereocenters. The largest absolute Gasteiger partial charge is 0.373 e. The van der Waals surface area contributed by atoms with Gasteiger partial charge in [-0.25, -0.2) is 4.98 Å². The fourth-order valence-electron chi connectivity index (χ4n) is 1.76. The molecule has 0 saturated carbocycles. The van der Waals surface area contributed by atoms with Crippen LogP contribution in [0.5, 0.6) is 0 Å². The maximum absolute atomic E-state index is 4.21. The first-order valence-corrected chi connectivity index (χ1v) is 6.08. The summed E-state index contributed by atoms with van der Waals surface area (Å²) in [6.07, 6.45) is 3.06. The molecule has 1 heterocycles. The molecule has 17 heavy (non-hydrogen) atoms. The lowest BCUT2D eigenvalue weighted by atomic mass is 10.2. The van der Waals surface area contributed by atoms with Gasteiger partial charge in [-0.1, -0.05) is 0 Å². The van der Waals surface area contributed by atoms with Crippen molar-refractivity contribution in [2.45, 2.75) is 13.0 Å². The minimum Gasteiger partial charge on any atom is -0.373 e. The Morgan fingerprint density at radius 2 is 2.00 bits per heavy atom. The van der Waals surface area contributed by atoms with Crippen molar-refractivity contribution in [3.8, 4) is 0 Å². The van der Waals surface area contributed by atoms with E-state index in [4.69, 9.17) is 0 Å². The van der Waals surface area contributed by atoms with E-state index in [0.29, 0.717) is 0 Å². The summed E-state index contributed by atoms with van der Waals surface area (Å²) in [7, 11) is 8.28. The van der Waals surface area contributed by atoms with Crippen LogP contribution in [-0.2, 0) is 6.54 Å². The van der Waals surface area contributed by atoms with Crippen molar-refractivity contribution in [3.05, 3.63) is 23.9 Å². The third-order valence-electron chi connectivity index (χ3n) is 2.68. The molecule has 0 spiro atoms. The van der Waals surface area contributed by atoms with Gasteiger partial charge in [0.15, 0.2) is 0 Å². The van der Waals surface area contributed by atoms with Crippen molar-refractivity contribution in [1.82, 2.24) is 14.8 Å². The molecular formula is C13H24N4. The molecule has 0 amide bonds. The van der Waals surface area contributed by atoms with E-state index in [9.17, 15) is 0 Å². The zero-order chi connectivity index (χ0) is 12.7. The normalized spacial score (nSPS) is 11.2. The van der Waals surface area contributed by atoms with Crippen molar-refractivity contribution in [3.63, 3.8) is 0 Å². The minimum absolute atomic E-state index is 0.934. The predicted octanol–water partition coefficient (Wildman–Crippen LogP) is 1.51. The van der Waals surface area contributed by atoms with Gasteiger partial charge in [-0.3, -0.25) is 0 Å². The fourth-order valence-corrected chi connectivity index (χ4v) is 1.76. The van der Waals surface area contributed by atoms with Crippen LogP contribution in [0.15, 0.2) is 18.3 Å². The summed E-state index contributed by atoms with van der Waals surface area (Å²) in [6.45, 7) is 3.24. The lowest BCUT2D eigenvalue weighted by Crippen LogP contribution is -2.23. The second-order valence-electron chi connectivity index (χ2n) is 4.69. The van der Waals surface area contributed by atoms with E-state index >= 15 is 0 Å². The summed E-state index contributed by atoms with van der Waals surface area (Å²) in [6, 6.07) is 4.17. The maximum Gasteiger partial charge on any atom is 0.125 e. The molecule has 0 aliphatic rings. The minimum atomic E-state index is 0.934. The van der Waals surface area contributed by atoms with Crippen molar-refractivity contribution in [2.24, 2.45) is 0 Å². The highest BCUT2D eigenvalue weighted by molar-refractivity contribution is 5.36. The lowest BCUT2D eigenvalue weighted by molar-refractivity contribution is 0.294. The summed E-state index contributed by atoms with van der Waals surface area (Å²) in [5, 5.41) is 3.06. The zero-order valence-electron chi connectivity index (χ0n) is 11.4. The summed E-state index contributed by atoms with van der Waals surface area (Å²) in [4.78, 5) is 8.78. The van der Waals surface area contributed by atoms with Gasteiger partial charge in [0.25, 0.3) is 0 Å². The second-order valence-corrected chi connectivity index (χ2v) is 4.69. The number of hydrogen-bond acceptors (Lipinski definition) is 4. The molecule has 0 aliphatic carbocycles. The number of nitrogens with zero attached hydrogens (tertiary/aromatic N) is 3. The van der Waals surface area contributed by atoms with E-state index in [1.54, 1.807) is 0 Å². The van der Waals surface area contributed by atoms with Crippen molar-refractivity contribution >= 4 is 5.82 Å². The maximum atomic E-state index is 4.21. The van der Waals surface area contributed by atoms with Gasteiger partial charge in [0.1, 0.15) is 5.82 Å². The summed E-state index contributed by atoms with van der Waals surface area (Å²) in [5.41, 5.74) is 1.30. The Balaban J connectivity index is 2.36. The van der Waals surface area contributed by atoms with Crippen molar-refractivity contribution in [1.29, 1.82) is 0 Å². The molecule has 4 nitrogen and oxygen atoms in total. The van der Waals surface area contributed by atoms with E-state index in [2.05, 4.69) is 53.4 Å². The smallest absolute Gasteiger partial charge is 0.125 e. The molecule has 1 N–H and O–H groups in total. The Hall–Kier alpha value is -1.13. The van der Waals surface area contributed by atoms with Crippen LogP contribution in [0.3, 0.4) is 0 Å². The van der Waals surface area contributed by atoms with E-state index in [1.807, 2.05) is 13.2 Å². The third kappa shape index (κ3) is 5.65. The first-order chi connectivity index (χ1) is 8.11. The van der Waals surface area contributed by atoms with Crippen LogP contribution in [0, 0.1) is 0 Å². The Morgan fingerprint density at radius 1 is 1.24 bits per heavy atom. The second kappa shape index (κ2) is 7.25. The van der Waals surface area contributed by atoms with E-state index in [-0.39, 0.29) is 0 Å². The van der Waals surface area contributed by atoms with Crippen molar-refractivity contribution in [2.75, 3.05) is 46.6 Å². The molecule has 4 heteroatoms. The van der Waals surface area contributed by atoms with Crippen molar-refractivity contribution < 1.29 is 0 Å². The monoisotopic (exact) mass is 236 g/mol. The molecule has 96 valence electrons. The quantitative estimate of drug-likeness (QED) is 0.777. The van der Waals surface area contributed by atoms with Gasteiger partial charge in [-0.15, -0.1) is 0 Å². The Bertz CT molecular complexity index is 325. The van der Waals surface area contributed by atoms with Crippen LogP contribution in [0.4, 0.5) is 5.82 Å². The van der Waals surface area contributed by atoms with Gasteiger partial charge < -0.3 is 15.1 Å². The number of nitrogens with one attached hydrogen (secondary N) is 1. The number of rotatable bonds is 7. The molecule has 0 bridgehead atoms. The standard InChI is InChI=1S/C13H24N4/c1-14-13-10-12(6-7-15-13)11-17(4)9-5-8-16(2)3/h6-7,10H,5,8-9,11H2,1-4H3,(H,14,15). The van der Waals surface area contributed by atoms with Crippen LogP contribution in [0.2, 0.25) is 0 Å². The molecular weight excluding hydrogens is 212 g/mol. The summed E-state index contributed by atoms with van der Waals surface area (Å²) < 4.78 is 0. The number of hydrogen-bond donors (Lipinski definition) is 1.